The Balaban J connectivity index is 2.37. The first kappa shape index (κ1) is 15.2. The molecule has 1 N–H and O–H groups in total. The molecule has 1 aliphatic heterocycles. The lowest BCUT2D eigenvalue weighted by Crippen LogP contribution is -2.45. The minimum Gasteiger partial charge on any atom is -0.357 e. The fraction of sp³-hybridized carbons (Fsp3) is 0.417. The molecule has 1 fully saturated rings. The van der Waals surface area contributed by atoms with Gasteiger partial charge in [0.15, 0.2) is 0 Å². The van der Waals surface area contributed by atoms with Crippen LogP contribution in [0.1, 0.15) is 23.2 Å². The number of amides is 2. The number of likely N-dealkylation sites (N-methyl/N-ethyl adjacent to an activating group) is 1. The van der Waals surface area contributed by atoms with Crippen molar-refractivity contribution in [2.24, 2.45) is 0 Å². The Kier molecular flexibility index (Phi) is 4.37. The van der Waals surface area contributed by atoms with E-state index >= 15 is 0 Å². The number of carbonyl (C=O) groups excluding carboxylic acids is 2. The third-order valence-electron chi connectivity index (χ3n) is 3.34. The van der Waals surface area contributed by atoms with E-state index in [1.807, 2.05) is 0 Å². The van der Waals surface area contributed by atoms with Crippen LogP contribution < -0.4 is 5.32 Å². The molecule has 1 saturated heterocycles. The second-order valence-corrected chi connectivity index (χ2v) is 4.94. The molecule has 1 unspecified atom stereocenters. The Bertz CT molecular complexity index is 607. The largest absolute Gasteiger partial charge is 0.357 e. The van der Waals surface area contributed by atoms with Crippen LogP contribution in [0.25, 0.3) is 0 Å². The number of hydrogen-bond donors (Lipinski definition) is 1. The number of halogens is 1. The van der Waals surface area contributed by atoms with Crippen LogP contribution in [0.5, 0.6) is 0 Å². The van der Waals surface area contributed by atoms with Gasteiger partial charge in [-0.3, -0.25) is 19.7 Å². The van der Waals surface area contributed by atoms with Gasteiger partial charge in [-0.25, -0.2) is 4.98 Å². The van der Waals surface area contributed by atoms with Crippen LogP contribution in [-0.2, 0) is 4.79 Å². The lowest BCUT2D eigenvalue weighted by Gasteiger charge is -2.23. The molecule has 0 spiro atoms. The van der Waals surface area contributed by atoms with Crippen LogP contribution in [0.4, 0.5) is 5.69 Å². The van der Waals surface area contributed by atoms with Gasteiger partial charge in [0.1, 0.15) is 23.0 Å². The van der Waals surface area contributed by atoms with E-state index in [2.05, 4.69) is 10.3 Å². The summed E-state index contributed by atoms with van der Waals surface area (Å²) >= 11 is 5.71. The number of nitrogens with one attached hydrogen (secondary N) is 1. The molecule has 9 heteroatoms. The molecular weight excluding hydrogens is 300 g/mol. The first-order chi connectivity index (χ1) is 9.95. The number of rotatable bonds is 3. The molecule has 21 heavy (non-hydrogen) atoms. The van der Waals surface area contributed by atoms with Crippen molar-refractivity contribution in [1.29, 1.82) is 0 Å². The van der Waals surface area contributed by atoms with Crippen molar-refractivity contribution < 1.29 is 14.5 Å². The van der Waals surface area contributed by atoms with Crippen molar-refractivity contribution in [1.82, 2.24) is 15.2 Å². The van der Waals surface area contributed by atoms with Crippen LogP contribution >= 0.6 is 11.6 Å². The molecular formula is C12H13ClN4O4. The topological polar surface area (TPSA) is 105 Å². The number of pyridine rings is 1. The van der Waals surface area contributed by atoms with Crippen LogP contribution in [-0.4, -0.2) is 46.3 Å². The van der Waals surface area contributed by atoms with Crippen molar-refractivity contribution in [3.63, 3.8) is 0 Å². The lowest BCUT2D eigenvalue weighted by atomic mass is 10.1. The van der Waals surface area contributed by atoms with Gasteiger partial charge in [-0.1, -0.05) is 11.6 Å². The number of aromatic nitrogens is 1. The quantitative estimate of drug-likeness (QED) is 0.509. The van der Waals surface area contributed by atoms with E-state index in [9.17, 15) is 19.7 Å². The Hall–Kier alpha value is -2.22. The first-order valence-electron chi connectivity index (χ1n) is 6.28. The standard InChI is InChI=1S/C12H13ClN4O4/c1-14-11(18)8-3-2-4-16(8)12(19)7-5-10(13)15-6-9(7)17(20)21/h5-6,8H,2-4H2,1H3,(H,14,18). The monoisotopic (exact) mass is 312 g/mol. The molecule has 1 aromatic heterocycles. The molecule has 0 radical (unpaired) electrons. The summed E-state index contributed by atoms with van der Waals surface area (Å²) in [6, 6.07) is 0.537. The van der Waals surface area contributed by atoms with E-state index in [-0.39, 0.29) is 16.6 Å². The summed E-state index contributed by atoms with van der Waals surface area (Å²) < 4.78 is 0. The molecule has 1 atom stereocenters. The Morgan fingerprint density at radius 2 is 2.29 bits per heavy atom. The fourth-order valence-electron chi connectivity index (χ4n) is 2.34. The number of nitro groups is 1. The van der Waals surface area contributed by atoms with Gasteiger partial charge in [-0.05, 0) is 18.9 Å². The zero-order valence-electron chi connectivity index (χ0n) is 11.2. The van der Waals surface area contributed by atoms with Crippen molar-refractivity contribution in [3.8, 4) is 0 Å². The number of hydrogen-bond acceptors (Lipinski definition) is 5. The van der Waals surface area contributed by atoms with E-state index in [0.717, 1.165) is 12.3 Å². The second-order valence-electron chi connectivity index (χ2n) is 4.55. The average molecular weight is 313 g/mol. The van der Waals surface area contributed by atoms with Gasteiger partial charge < -0.3 is 10.2 Å². The molecule has 0 bridgehead atoms. The smallest absolute Gasteiger partial charge is 0.300 e. The first-order valence-corrected chi connectivity index (χ1v) is 6.66. The van der Waals surface area contributed by atoms with Gasteiger partial charge in [-0.2, -0.15) is 0 Å². The second kappa shape index (κ2) is 6.04. The highest BCUT2D eigenvalue weighted by Gasteiger charge is 2.36. The lowest BCUT2D eigenvalue weighted by molar-refractivity contribution is -0.385. The van der Waals surface area contributed by atoms with Crippen molar-refractivity contribution in [2.75, 3.05) is 13.6 Å². The molecule has 2 heterocycles. The SMILES string of the molecule is CNC(=O)C1CCCN1C(=O)c1cc(Cl)ncc1[N+](=O)[O-]. The predicted octanol–water partition coefficient (Wildman–Crippen LogP) is 0.994. The number of carbonyl (C=O) groups is 2. The summed E-state index contributed by atoms with van der Waals surface area (Å²) in [6.07, 6.45) is 2.13. The summed E-state index contributed by atoms with van der Waals surface area (Å²) in [5.74, 6) is -0.874. The molecule has 2 amide bonds. The maximum Gasteiger partial charge on any atom is 0.300 e. The van der Waals surface area contributed by atoms with Gasteiger partial charge in [0, 0.05) is 13.6 Å². The number of nitrogens with zero attached hydrogens (tertiary/aromatic N) is 3. The van der Waals surface area contributed by atoms with Gasteiger partial charge >= 0.3 is 0 Å². The third kappa shape index (κ3) is 2.94. The van der Waals surface area contributed by atoms with Crippen molar-refractivity contribution in [2.45, 2.75) is 18.9 Å². The van der Waals surface area contributed by atoms with Crippen LogP contribution in [0.2, 0.25) is 5.15 Å². The van der Waals surface area contributed by atoms with Gasteiger partial charge in [-0.15, -0.1) is 0 Å². The third-order valence-corrected chi connectivity index (χ3v) is 3.55. The Morgan fingerprint density at radius 1 is 1.57 bits per heavy atom. The van der Waals surface area contributed by atoms with E-state index in [0.29, 0.717) is 19.4 Å². The highest BCUT2D eigenvalue weighted by Crippen LogP contribution is 2.26. The molecule has 8 nitrogen and oxygen atoms in total. The van der Waals surface area contributed by atoms with E-state index < -0.39 is 22.6 Å². The van der Waals surface area contributed by atoms with E-state index in [1.165, 1.54) is 11.9 Å². The highest BCUT2D eigenvalue weighted by atomic mass is 35.5. The van der Waals surface area contributed by atoms with Gasteiger partial charge in [0.25, 0.3) is 11.6 Å². The summed E-state index contributed by atoms with van der Waals surface area (Å²) in [4.78, 5) is 39.5. The predicted molar refractivity (Wildman–Crippen MR) is 74.0 cm³/mol. The van der Waals surface area contributed by atoms with Gasteiger partial charge in [0.05, 0.1) is 4.92 Å². The molecule has 112 valence electrons. The molecule has 1 aliphatic rings. The zero-order chi connectivity index (χ0) is 15.6. The van der Waals surface area contributed by atoms with Crippen molar-refractivity contribution in [3.05, 3.63) is 33.1 Å². The van der Waals surface area contributed by atoms with Crippen LogP contribution in [0.15, 0.2) is 12.3 Å². The van der Waals surface area contributed by atoms with Gasteiger partial charge in [0.2, 0.25) is 5.91 Å². The molecule has 0 saturated carbocycles. The minimum absolute atomic E-state index is 0.0142. The van der Waals surface area contributed by atoms with Crippen LogP contribution in [0.3, 0.4) is 0 Å². The summed E-state index contributed by atoms with van der Waals surface area (Å²) in [7, 11) is 1.48. The van der Waals surface area contributed by atoms with E-state index in [4.69, 9.17) is 11.6 Å². The normalized spacial score (nSPS) is 17.6. The average Bonchev–Trinajstić information content (AvgIpc) is 2.94. The minimum atomic E-state index is -0.693. The van der Waals surface area contributed by atoms with Crippen molar-refractivity contribution >= 4 is 29.1 Å². The zero-order valence-corrected chi connectivity index (χ0v) is 12.0. The molecule has 1 aromatic rings. The molecule has 2 rings (SSSR count). The molecule has 0 aromatic carbocycles. The Morgan fingerprint density at radius 3 is 2.90 bits per heavy atom. The summed E-state index contributed by atoms with van der Waals surface area (Å²) in [6.45, 7) is 0.369. The summed E-state index contributed by atoms with van der Waals surface area (Å²) in [5.41, 5.74) is -0.581. The number of likely N-dealkylation sites (tertiary alicyclic amines) is 1. The maximum absolute atomic E-state index is 12.5. The molecule has 0 aliphatic carbocycles. The van der Waals surface area contributed by atoms with Crippen LogP contribution in [0, 0.1) is 10.1 Å². The highest BCUT2D eigenvalue weighted by molar-refractivity contribution is 6.29. The maximum atomic E-state index is 12.5. The van der Waals surface area contributed by atoms with E-state index in [1.54, 1.807) is 0 Å². The Labute approximate surface area is 125 Å². The fourth-order valence-corrected chi connectivity index (χ4v) is 2.50. The summed E-state index contributed by atoms with van der Waals surface area (Å²) in [5, 5.41) is 13.5.